The predicted octanol–water partition coefficient (Wildman–Crippen LogP) is 6.30. The molecule has 1 rings (SSSR count). The van der Waals surface area contributed by atoms with Crippen LogP contribution in [0.1, 0.15) is 111 Å². The van der Waals surface area contributed by atoms with Crippen molar-refractivity contribution in [3.8, 4) is 0 Å². The number of amides is 3. The number of rotatable bonds is 14. The van der Waals surface area contributed by atoms with E-state index in [0.29, 0.717) is 13.0 Å². The van der Waals surface area contributed by atoms with Gasteiger partial charge in [-0.15, -0.1) is 0 Å². The summed E-state index contributed by atoms with van der Waals surface area (Å²) in [7, 11) is 0. The molecule has 0 aromatic heterocycles. The van der Waals surface area contributed by atoms with Gasteiger partial charge in [-0.2, -0.15) is 0 Å². The van der Waals surface area contributed by atoms with E-state index < -0.39 is 23.8 Å². The molecule has 7 heteroatoms. The van der Waals surface area contributed by atoms with Gasteiger partial charge in [0.1, 0.15) is 17.7 Å². The van der Waals surface area contributed by atoms with Gasteiger partial charge in [-0.1, -0.05) is 71.2 Å². The van der Waals surface area contributed by atoms with Gasteiger partial charge in [0.15, 0.2) is 0 Å². The summed E-state index contributed by atoms with van der Waals surface area (Å²) in [5, 5.41) is 5.95. The Hall–Kier alpha value is -2.57. The molecule has 37 heavy (non-hydrogen) atoms. The lowest BCUT2D eigenvalue weighted by Crippen LogP contribution is -2.54. The molecule has 0 saturated heterocycles. The molecule has 0 fully saturated rings. The number of nitrogens with one attached hydrogen (secondary N) is 2. The smallest absolute Gasteiger partial charge is 0.408 e. The van der Waals surface area contributed by atoms with Crippen molar-refractivity contribution in [1.29, 1.82) is 0 Å². The lowest BCUT2D eigenvalue weighted by molar-refractivity contribution is -0.143. The van der Waals surface area contributed by atoms with Crippen molar-refractivity contribution in [2.45, 2.75) is 125 Å². The summed E-state index contributed by atoms with van der Waals surface area (Å²) in [6.45, 7) is 18.0. The molecule has 1 aromatic rings. The van der Waals surface area contributed by atoms with Crippen LogP contribution in [0.15, 0.2) is 24.3 Å². The van der Waals surface area contributed by atoms with Crippen LogP contribution >= 0.6 is 0 Å². The predicted molar refractivity (Wildman–Crippen MR) is 150 cm³/mol. The van der Waals surface area contributed by atoms with Gasteiger partial charge in [0, 0.05) is 12.6 Å². The number of carbonyl (C=O) groups excluding carboxylic acids is 3. The Kier molecular flexibility index (Phi) is 13.7. The Morgan fingerprint density at radius 3 is 2.16 bits per heavy atom. The molecule has 3 amide bonds. The van der Waals surface area contributed by atoms with Gasteiger partial charge in [0.05, 0.1) is 0 Å². The minimum Gasteiger partial charge on any atom is -0.444 e. The Bertz CT molecular complexity index is 863. The van der Waals surface area contributed by atoms with E-state index in [2.05, 4.69) is 24.5 Å². The summed E-state index contributed by atoms with van der Waals surface area (Å²) in [5.41, 5.74) is 1.06. The van der Waals surface area contributed by atoms with Crippen molar-refractivity contribution in [2.75, 3.05) is 6.54 Å². The normalized spacial score (nSPS) is 14.0. The van der Waals surface area contributed by atoms with Gasteiger partial charge in [-0.05, 0) is 70.9 Å². The van der Waals surface area contributed by atoms with Crippen LogP contribution in [0.2, 0.25) is 0 Å². The average Bonchev–Trinajstić information content (AvgIpc) is 2.77. The van der Waals surface area contributed by atoms with Gasteiger partial charge < -0.3 is 20.3 Å². The molecular weight excluding hydrogens is 466 g/mol. The summed E-state index contributed by atoms with van der Waals surface area (Å²) in [4.78, 5) is 42.4. The summed E-state index contributed by atoms with van der Waals surface area (Å²) < 4.78 is 5.47. The van der Waals surface area contributed by atoms with Crippen LogP contribution in [0.4, 0.5) is 4.79 Å². The quantitative estimate of drug-likeness (QED) is 0.284. The van der Waals surface area contributed by atoms with Crippen molar-refractivity contribution in [2.24, 2.45) is 5.92 Å². The van der Waals surface area contributed by atoms with Crippen LogP contribution in [0.3, 0.4) is 0 Å². The maximum Gasteiger partial charge on any atom is 0.408 e. The van der Waals surface area contributed by atoms with Crippen molar-refractivity contribution >= 4 is 17.9 Å². The molecule has 1 aromatic carbocycles. The van der Waals surface area contributed by atoms with E-state index in [1.165, 1.54) is 0 Å². The van der Waals surface area contributed by atoms with Crippen molar-refractivity contribution in [3.63, 3.8) is 0 Å². The zero-order valence-corrected chi connectivity index (χ0v) is 24.6. The first-order chi connectivity index (χ1) is 17.3. The highest BCUT2D eigenvalue weighted by atomic mass is 16.6. The van der Waals surface area contributed by atoms with Gasteiger partial charge in [0.2, 0.25) is 11.8 Å². The minimum atomic E-state index is -0.802. The molecule has 0 heterocycles. The zero-order chi connectivity index (χ0) is 28.2. The van der Waals surface area contributed by atoms with E-state index >= 15 is 0 Å². The third-order valence-electron chi connectivity index (χ3n) is 6.14. The molecule has 7 nitrogen and oxygen atoms in total. The number of aryl methyl sites for hydroxylation is 1. The van der Waals surface area contributed by atoms with Crippen molar-refractivity contribution in [1.82, 2.24) is 15.5 Å². The van der Waals surface area contributed by atoms with Gasteiger partial charge in [-0.25, -0.2) is 4.79 Å². The van der Waals surface area contributed by atoms with E-state index in [1.54, 1.807) is 25.7 Å². The van der Waals surface area contributed by atoms with Gasteiger partial charge in [0.25, 0.3) is 0 Å². The minimum absolute atomic E-state index is 0.0111. The van der Waals surface area contributed by atoms with Crippen LogP contribution in [-0.2, 0) is 14.3 Å². The summed E-state index contributed by atoms with van der Waals surface area (Å²) in [6.07, 6.45) is 4.31. The van der Waals surface area contributed by atoms with E-state index in [0.717, 1.165) is 43.2 Å². The third kappa shape index (κ3) is 11.6. The number of hydrogen-bond acceptors (Lipinski definition) is 4. The number of carbonyl (C=O) groups is 3. The first-order valence-electron chi connectivity index (χ1n) is 14.0. The Labute approximate surface area is 225 Å². The van der Waals surface area contributed by atoms with Crippen LogP contribution in [-0.4, -0.2) is 47.0 Å². The number of benzene rings is 1. The van der Waals surface area contributed by atoms with Crippen LogP contribution in [0.25, 0.3) is 0 Å². The maximum atomic E-state index is 14.2. The van der Waals surface area contributed by atoms with Crippen molar-refractivity contribution in [3.05, 3.63) is 35.4 Å². The number of nitrogens with zero attached hydrogens (tertiary/aromatic N) is 1. The fraction of sp³-hybridized carbons (Fsp3) is 0.700. The van der Waals surface area contributed by atoms with E-state index in [1.807, 2.05) is 52.0 Å². The molecule has 0 spiro atoms. The first-order valence-corrected chi connectivity index (χ1v) is 14.0. The van der Waals surface area contributed by atoms with E-state index in [4.69, 9.17) is 4.74 Å². The monoisotopic (exact) mass is 517 g/mol. The molecule has 0 aliphatic rings. The molecule has 0 radical (unpaired) electrons. The Morgan fingerprint density at radius 2 is 1.62 bits per heavy atom. The largest absolute Gasteiger partial charge is 0.444 e. The highest BCUT2D eigenvalue weighted by Crippen LogP contribution is 2.27. The first kappa shape index (κ1) is 32.5. The maximum absolute atomic E-state index is 14.2. The van der Waals surface area contributed by atoms with E-state index in [9.17, 15) is 14.4 Å². The second-order valence-corrected chi connectivity index (χ2v) is 11.5. The lowest BCUT2D eigenvalue weighted by Gasteiger charge is -2.36. The summed E-state index contributed by atoms with van der Waals surface area (Å²) in [6, 6.07) is 6.11. The molecule has 0 aliphatic heterocycles. The Balaban J connectivity index is 3.50. The van der Waals surface area contributed by atoms with Crippen LogP contribution < -0.4 is 10.6 Å². The molecule has 210 valence electrons. The second-order valence-electron chi connectivity index (χ2n) is 11.5. The fourth-order valence-corrected chi connectivity index (χ4v) is 4.41. The molecule has 0 bridgehead atoms. The average molecular weight is 518 g/mol. The van der Waals surface area contributed by atoms with Crippen LogP contribution in [0.5, 0.6) is 0 Å². The number of unbranched alkanes of at least 4 members (excludes halogenated alkanes) is 2. The zero-order valence-electron chi connectivity index (χ0n) is 24.6. The topological polar surface area (TPSA) is 87.7 Å². The molecule has 3 unspecified atom stereocenters. The second kappa shape index (κ2) is 15.6. The highest BCUT2D eigenvalue weighted by molar-refractivity contribution is 5.92. The van der Waals surface area contributed by atoms with Crippen LogP contribution in [0, 0.1) is 12.8 Å². The molecule has 3 atom stereocenters. The fourth-order valence-electron chi connectivity index (χ4n) is 4.41. The third-order valence-corrected chi connectivity index (χ3v) is 6.14. The highest BCUT2D eigenvalue weighted by Gasteiger charge is 2.37. The molecular formula is C30H51N3O4. The summed E-state index contributed by atoms with van der Waals surface area (Å²) >= 11 is 0. The van der Waals surface area contributed by atoms with Gasteiger partial charge in [-0.3, -0.25) is 9.59 Å². The molecule has 0 aliphatic carbocycles. The number of ether oxygens (including phenoxy) is 1. The Morgan fingerprint density at radius 1 is 0.973 bits per heavy atom. The standard InChI is InChI=1S/C30H51N3O4/c1-10-12-15-19-33(28(35)25(20-21(3)4)32-29(36)37-30(7,8)9)26(24-18-14-13-17-22(24)5)27(34)31-23(6)16-11-2/h13-14,17-18,21,23,25-26H,10-12,15-16,19-20H2,1-9H3,(H,31,34)(H,32,36). The van der Waals surface area contributed by atoms with E-state index in [-0.39, 0.29) is 23.8 Å². The molecule has 2 N–H and O–H groups in total. The SMILES string of the molecule is CCCCCN(C(=O)C(CC(C)C)NC(=O)OC(C)(C)C)C(C(=O)NC(C)CCC)c1ccccc1C. The number of alkyl carbamates (subject to hydrolysis) is 1. The number of hydrogen-bond donors (Lipinski definition) is 2. The molecule has 0 saturated carbocycles. The summed E-state index contributed by atoms with van der Waals surface area (Å²) in [5.74, 6) is -0.306. The lowest BCUT2D eigenvalue weighted by atomic mass is 9.96. The van der Waals surface area contributed by atoms with Gasteiger partial charge >= 0.3 is 6.09 Å². The van der Waals surface area contributed by atoms with Crippen molar-refractivity contribution < 1.29 is 19.1 Å².